The second kappa shape index (κ2) is 6.59. The average Bonchev–Trinajstić information content (AvgIpc) is 3.30. The van der Waals surface area contributed by atoms with Gasteiger partial charge in [-0.2, -0.15) is 0 Å². The van der Waals surface area contributed by atoms with E-state index in [1.807, 2.05) is 22.9 Å². The number of nitrogens with zero attached hydrogens (tertiary/aromatic N) is 1. The summed E-state index contributed by atoms with van der Waals surface area (Å²) in [6.45, 7) is 1.04. The molecule has 24 heavy (non-hydrogen) atoms. The van der Waals surface area contributed by atoms with Gasteiger partial charge < -0.3 is 9.47 Å². The van der Waals surface area contributed by atoms with Crippen LogP contribution in [0.1, 0.15) is 16.1 Å². The lowest BCUT2D eigenvalue weighted by atomic mass is 10.1. The highest BCUT2D eigenvalue weighted by atomic mass is 32.1. The molecule has 0 aliphatic carbocycles. The van der Waals surface area contributed by atoms with E-state index in [0.717, 1.165) is 15.6 Å². The molecule has 0 saturated heterocycles. The van der Waals surface area contributed by atoms with E-state index < -0.39 is 0 Å². The van der Waals surface area contributed by atoms with E-state index in [1.54, 1.807) is 53.0 Å². The van der Waals surface area contributed by atoms with Crippen LogP contribution in [0.4, 0.5) is 0 Å². The fraction of sp³-hybridized carbons (Fsp3) is 0.111. The predicted octanol–water partition coefficient (Wildman–Crippen LogP) is 4.54. The molecule has 0 bridgehead atoms. The topological polar surface area (TPSA) is 48.4 Å². The van der Waals surface area contributed by atoms with Crippen LogP contribution in [-0.2, 0) is 0 Å². The number of thiophene rings is 1. The lowest BCUT2D eigenvalue weighted by Gasteiger charge is -2.18. The highest BCUT2D eigenvalue weighted by Crippen LogP contribution is 2.31. The zero-order valence-corrected chi connectivity index (χ0v) is 14.2. The molecule has 0 radical (unpaired) electrons. The fourth-order valence-corrected chi connectivity index (χ4v) is 3.93. The Hall–Kier alpha value is -2.44. The van der Waals surface area contributed by atoms with E-state index in [2.05, 4.69) is 4.98 Å². The number of carbonyl (C=O) groups is 1. The van der Waals surface area contributed by atoms with Crippen LogP contribution in [0, 0.1) is 0 Å². The van der Waals surface area contributed by atoms with Crippen molar-refractivity contribution in [3.05, 3.63) is 58.4 Å². The van der Waals surface area contributed by atoms with Gasteiger partial charge in [0.15, 0.2) is 17.3 Å². The van der Waals surface area contributed by atoms with Crippen molar-refractivity contribution in [2.45, 2.75) is 0 Å². The van der Waals surface area contributed by atoms with Crippen LogP contribution in [0.25, 0.3) is 16.0 Å². The van der Waals surface area contributed by atoms with Crippen LogP contribution in [-0.4, -0.2) is 24.0 Å². The maximum Gasteiger partial charge on any atom is 0.186 e. The van der Waals surface area contributed by atoms with Gasteiger partial charge in [0.1, 0.15) is 18.2 Å². The zero-order chi connectivity index (χ0) is 16.4. The number of allylic oxidation sites excluding steroid dienone is 1. The van der Waals surface area contributed by atoms with Gasteiger partial charge in [-0.15, -0.1) is 22.7 Å². The summed E-state index contributed by atoms with van der Waals surface area (Å²) in [6.07, 6.45) is 3.28. The Balaban J connectivity index is 1.50. The van der Waals surface area contributed by atoms with Crippen molar-refractivity contribution in [1.29, 1.82) is 0 Å². The quantitative estimate of drug-likeness (QED) is 0.509. The van der Waals surface area contributed by atoms with Crippen LogP contribution in [0.15, 0.2) is 47.2 Å². The molecule has 0 amide bonds. The van der Waals surface area contributed by atoms with Gasteiger partial charge in [-0.3, -0.25) is 4.79 Å². The van der Waals surface area contributed by atoms with E-state index in [9.17, 15) is 4.79 Å². The van der Waals surface area contributed by atoms with Gasteiger partial charge in [0.2, 0.25) is 0 Å². The first-order valence-corrected chi connectivity index (χ1v) is 9.17. The molecule has 4 nitrogen and oxygen atoms in total. The van der Waals surface area contributed by atoms with Crippen LogP contribution < -0.4 is 9.47 Å². The number of fused-ring (bicyclic) bond motifs is 1. The number of benzene rings is 1. The summed E-state index contributed by atoms with van der Waals surface area (Å²) in [6, 6.07) is 9.28. The minimum absolute atomic E-state index is 0.0855. The molecule has 1 aliphatic rings. The predicted molar refractivity (Wildman–Crippen MR) is 96.2 cm³/mol. The lowest BCUT2D eigenvalue weighted by molar-refractivity contribution is 0.104. The maximum atomic E-state index is 12.3. The van der Waals surface area contributed by atoms with E-state index >= 15 is 0 Å². The third-order valence-electron chi connectivity index (χ3n) is 3.49. The summed E-state index contributed by atoms with van der Waals surface area (Å²) in [4.78, 5) is 18.0. The average molecular weight is 355 g/mol. The van der Waals surface area contributed by atoms with Crippen LogP contribution in [0.5, 0.6) is 11.5 Å². The first-order valence-electron chi connectivity index (χ1n) is 7.41. The lowest BCUT2D eigenvalue weighted by Crippen LogP contribution is -2.15. The molecule has 4 rings (SSSR count). The van der Waals surface area contributed by atoms with Crippen LogP contribution >= 0.6 is 22.7 Å². The molecule has 1 aliphatic heterocycles. The van der Waals surface area contributed by atoms with Gasteiger partial charge in [0, 0.05) is 10.9 Å². The number of hydrogen-bond donors (Lipinski definition) is 0. The minimum atomic E-state index is -0.0855. The SMILES string of the molecule is O=C(/C=C/c1csc(-c2cccs2)n1)c1ccc2c(c1)OCCO2. The minimum Gasteiger partial charge on any atom is -0.486 e. The fourth-order valence-electron chi connectivity index (χ4n) is 2.33. The van der Waals surface area contributed by atoms with Crippen molar-refractivity contribution in [3.8, 4) is 21.4 Å². The number of thiazole rings is 1. The third kappa shape index (κ3) is 3.11. The summed E-state index contributed by atoms with van der Waals surface area (Å²) in [7, 11) is 0. The van der Waals surface area contributed by atoms with Gasteiger partial charge >= 0.3 is 0 Å². The van der Waals surface area contributed by atoms with Gasteiger partial charge in [-0.25, -0.2) is 4.98 Å². The van der Waals surface area contributed by atoms with E-state index in [-0.39, 0.29) is 5.78 Å². The van der Waals surface area contributed by atoms with Crippen molar-refractivity contribution in [2.24, 2.45) is 0 Å². The number of rotatable bonds is 4. The van der Waals surface area contributed by atoms with Gasteiger partial charge in [-0.05, 0) is 41.8 Å². The molecule has 3 aromatic rings. The summed E-state index contributed by atoms with van der Waals surface area (Å²) >= 11 is 3.23. The Bertz CT molecular complexity index is 897. The summed E-state index contributed by atoms with van der Waals surface area (Å²) in [5.41, 5.74) is 1.36. The second-order valence-electron chi connectivity index (χ2n) is 5.11. The van der Waals surface area contributed by atoms with Gasteiger partial charge in [-0.1, -0.05) is 6.07 Å². The van der Waals surface area contributed by atoms with E-state index in [1.165, 1.54) is 0 Å². The molecule has 0 spiro atoms. The van der Waals surface area contributed by atoms with Crippen molar-refractivity contribution in [1.82, 2.24) is 4.98 Å². The first-order chi connectivity index (χ1) is 11.8. The smallest absolute Gasteiger partial charge is 0.186 e. The van der Waals surface area contributed by atoms with Crippen LogP contribution in [0.3, 0.4) is 0 Å². The van der Waals surface area contributed by atoms with E-state index in [4.69, 9.17) is 9.47 Å². The number of hydrogen-bond acceptors (Lipinski definition) is 6. The molecular formula is C18H13NO3S2. The van der Waals surface area contributed by atoms with Gasteiger partial charge in [0.05, 0.1) is 10.6 Å². The van der Waals surface area contributed by atoms with Crippen molar-refractivity contribution >= 4 is 34.5 Å². The molecule has 6 heteroatoms. The highest BCUT2D eigenvalue weighted by Gasteiger charge is 2.13. The second-order valence-corrected chi connectivity index (χ2v) is 6.92. The Morgan fingerprint density at radius 2 is 2.00 bits per heavy atom. The molecule has 0 N–H and O–H groups in total. The Morgan fingerprint density at radius 1 is 1.12 bits per heavy atom. The monoisotopic (exact) mass is 355 g/mol. The largest absolute Gasteiger partial charge is 0.486 e. The molecule has 2 aromatic heterocycles. The van der Waals surface area contributed by atoms with Gasteiger partial charge in [0.25, 0.3) is 0 Å². The van der Waals surface area contributed by atoms with Crippen molar-refractivity contribution in [3.63, 3.8) is 0 Å². The molecule has 0 unspecified atom stereocenters. The zero-order valence-electron chi connectivity index (χ0n) is 12.6. The molecule has 3 heterocycles. The number of ether oxygens (including phenoxy) is 2. The summed E-state index contributed by atoms with van der Waals surface area (Å²) < 4.78 is 11.0. The van der Waals surface area contributed by atoms with E-state index in [0.29, 0.717) is 30.3 Å². The third-order valence-corrected chi connectivity index (χ3v) is 5.39. The Kier molecular flexibility index (Phi) is 4.15. The summed E-state index contributed by atoms with van der Waals surface area (Å²) in [5.74, 6) is 1.22. The molecule has 0 saturated carbocycles. The normalized spacial score (nSPS) is 13.3. The summed E-state index contributed by atoms with van der Waals surface area (Å²) in [5, 5.41) is 4.94. The Labute approximate surface area is 147 Å². The number of ketones is 1. The van der Waals surface area contributed by atoms with Crippen molar-refractivity contribution < 1.29 is 14.3 Å². The van der Waals surface area contributed by atoms with Crippen LogP contribution in [0.2, 0.25) is 0 Å². The first kappa shape index (κ1) is 15.1. The molecule has 0 atom stereocenters. The molecular weight excluding hydrogens is 342 g/mol. The van der Waals surface area contributed by atoms with Crippen molar-refractivity contribution in [2.75, 3.05) is 13.2 Å². The highest BCUT2D eigenvalue weighted by molar-refractivity contribution is 7.20. The molecule has 1 aromatic carbocycles. The standard InChI is InChI=1S/C18H13NO3S2/c20-14(12-3-6-15-16(10-12)22-8-7-21-15)5-4-13-11-24-18(19-13)17-2-1-9-23-17/h1-6,9-11H,7-8H2/b5-4+. The number of aromatic nitrogens is 1. The molecule has 0 fully saturated rings. The maximum absolute atomic E-state index is 12.3. The Morgan fingerprint density at radius 3 is 2.83 bits per heavy atom. The number of carbonyl (C=O) groups excluding carboxylic acids is 1. The molecule has 120 valence electrons.